The minimum Gasteiger partial charge on any atom is -0.302 e. The van der Waals surface area contributed by atoms with Crippen LogP contribution in [0.2, 0.25) is 0 Å². The number of fused-ring (bicyclic) bond motifs is 2. The second-order valence-electron chi connectivity index (χ2n) is 3.97. The molecule has 0 radical (unpaired) electrons. The fourth-order valence-corrected chi connectivity index (χ4v) is 1.75. The van der Waals surface area contributed by atoms with E-state index in [0.717, 1.165) is 17.0 Å². The maximum Gasteiger partial charge on any atom is 0.155 e. The molecule has 4 rings (SSSR count). The molecule has 0 amide bonds. The Morgan fingerprint density at radius 3 is 2.57 bits per heavy atom. The van der Waals surface area contributed by atoms with Crippen molar-refractivity contribution >= 4 is 11.3 Å². The topological polar surface area (TPSA) is 60.4 Å². The Bertz CT molecular complexity index is 772. The second kappa shape index (κ2) is 7.14. The van der Waals surface area contributed by atoms with E-state index in [1.807, 2.05) is 62.0 Å². The third kappa shape index (κ3) is 3.42. The molecule has 4 aromatic heterocycles. The summed E-state index contributed by atoms with van der Waals surface area (Å²) in [5.74, 6) is 0. The van der Waals surface area contributed by atoms with E-state index in [-0.39, 0.29) is 0 Å². The van der Waals surface area contributed by atoms with Crippen molar-refractivity contribution in [2.24, 2.45) is 0 Å². The third-order valence-corrected chi connectivity index (χ3v) is 2.69. The van der Waals surface area contributed by atoms with Crippen LogP contribution in [0.5, 0.6) is 0 Å². The highest BCUT2D eigenvalue weighted by Crippen LogP contribution is 2.00. The molecule has 0 saturated carbocycles. The summed E-state index contributed by atoms with van der Waals surface area (Å²) in [6.45, 7) is 6.00. The van der Waals surface area contributed by atoms with Crippen LogP contribution in [0, 0.1) is 6.92 Å². The van der Waals surface area contributed by atoms with Crippen LogP contribution in [0.3, 0.4) is 0 Å². The van der Waals surface area contributed by atoms with Crippen molar-refractivity contribution < 1.29 is 0 Å². The number of pyridine rings is 1. The molecular weight excluding hydrogens is 264 g/mol. The molecule has 0 aromatic carbocycles. The zero-order valence-electron chi connectivity index (χ0n) is 12.4. The normalized spacial score (nSPS) is 9.67. The molecule has 0 spiro atoms. The van der Waals surface area contributed by atoms with Gasteiger partial charge in [0.15, 0.2) is 11.3 Å². The Kier molecular flexibility index (Phi) is 4.98. The van der Waals surface area contributed by atoms with E-state index in [2.05, 4.69) is 20.1 Å². The van der Waals surface area contributed by atoms with Gasteiger partial charge >= 0.3 is 0 Å². The number of nitrogens with zero attached hydrogens (tertiary/aromatic N) is 6. The minimum absolute atomic E-state index is 0.887. The summed E-state index contributed by atoms with van der Waals surface area (Å²) in [6.07, 6.45) is 10.6. The summed E-state index contributed by atoms with van der Waals surface area (Å²) in [7, 11) is 0. The summed E-state index contributed by atoms with van der Waals surface area (Å²) >= 11 is 0. The zero-order chi connectivity index (χ0) is 15.1. The smallest absolute Gasteiger partial charge is 0.155 e. The maximum atomic E-state index is 4.08. The SMILES string of the molecule is CC.Cc1cncc2nccn12.c1ccn2ncnc2c1. The van der Waals surface area contributed by atoms with Crippen molar-refractivity contribution in [3.8, 4) is 0 Å². The summed E-state index contributed by atoms with van der Waals surface area (Å²) in [6, 6.07) is 5.76. The van der Waals surface area contributed by atoms with Crippen molar-refractivity contribution in [2.75, 3.05) is 0 Å². The van der Waals surface area contributed by atoms with Crippen molar-refractivity contribution in [2.45, 2.75) is 20.8 Å². The molecule has 4 heterocycles. The van der Waals surface area contributed by atoms with E-state index in [1.54, 1.807) is 16.9 Å². The first kappa shape index (κ1) is 14.6. The van der Waals surface area contributed by atoms with Gasteiger partial charge in [0.25, 0.3) is 0 Å². The Labute approximate surface area is 123 Å². The second-order valence-corrected chi connectivity index (χ2v) is 3.97. The highest BCUT2D eigenvalue weighted by molar-refractivity contribution is 5.35. The lowest BCUT2D eigenvalue weighted by atomic mass is 10.5. The first-order chi connectivity index (χ1) is 10.3. The van der Waals surface area contributed by atoms with Crippen LogP contribution in [-0.4, -0.2) is 29.0 Å². The first-order valence-electron chi connectivity index (χ1n) is 6.82. The van der Waals surface area contributed by atoms with Crippen molar-refractivity contribution in [1.82, 2.24) is 29.0 Å². The molecule has 4 aromatic rings. The van der Waals surface area contributed by atoms with Crippen LogP contribution in [0.15, 0.2) is 55.5 Å². The molecule has 0 fully saturated rings. The zero-order valence-corrected chi connectivity index (χ0v) is 12.4. The molecule has 6 heteroatoms. The van der Waals surface area contributed by atoms with Gasteiger partial charge in [0.1, 0.15) is 6.33 Å². The molecule has 0 aliphatic heterocycles. The van der Waals surface area contributed by atoms with Gasteiger partial charge in [0.05, 0.1) is 6.20 Å². The lowest BCUT2D eigenvalue weighted by Gasteiger charge is -1.94. The molecule has 0 aliphatic carbocycles. The molecule has 108 valence electrons. The van der Waals surface area contributed by atoms with Gasteiger partial charge in [-0.2, -0.15) is 5.10 Å². The summed E-state index contributed by atoms with van der Waals surface area (Å²) in [5, 5.41) is 3.92. The quantitative estimate of drug-likeness (QED) is 0.497. The summed E-state index contributed by atoms with van der Waals surface area (Å²) < 4.78 is 3.72. The van der Waals surface area contributed by atoms with Crippen LogP contribution in [0.1, 0.15) is 19.5 Å². The highest BCUT2D eigenvalue weighted by Gasteiger charge is 1.93. The Balaban J connectivity index is 0.000000138. The van der Waals surface area contributed by atoms with Gasteiger partial charge in [-0.05, 0) is 19.1 Å². The van der Waals surface area contributed by atoms with Gasteiger partial charge in [0.2, 0.25) is 0 Å². The van der Waals surface area contributed by atoms with Gasteiger partial charge < -0.3 is 4.40 Å². The van der Waals surface area contributed by atoms with E-state index >= 15 is 0 Å². The number of imidazole rings is 1. The fourth-order valence-electron chi connectivity index (χ4n) is 1.75. The lowest BCUT2D eigenvalue weighted by Crippen LogP contribution is -1.89. The molecular formula is C15H18N6. The van der Waals surface area contributed by atoms with Crippen LogP contribution in [-0.2, 0) is 0 Å². The van der Waals surface area contributed by atoms with Crippen molar-refractivity contribution in [3.05, 3.63) is 61.2 Å². The molecule has 0 N–H and O–H groups in total. The number of hydrogen-bond donors (Lipinski definition) is 0. The minimum atomic E-state index is 0.887. The van der Waals surface area contributed by atoms with E-state index in [9.17, 15) is 0 Å². The van der Waals surface area contributed by atoms with Gasteiger partial charge in [-0.3, -0.25) is 4.98 Å². The Morgan fingerprint density at radius 2 is 1.81 bits per heavy atom. The lowest BCUT2D eigenvalue weighted by molar-refractivity contribution is 0.961. The van der Waals surface area contributed by atoms with E-state index in [0.29, 0.717) is 0 Å². The highest BCUT2D eigenvalue weighted by atomic mass is 15.3. The van der Waals surface area contributed by atoms with Gasteiger partial charge in [0, 0.05) is 30.5 Å². The Morgan fingerprint density at radius 1 is 0.952 bits per heavy atom. The number of aryl methyl sites for hydroxylation is 1. The fraction of sp³-hybridized carbons (Fsp3) is 0.200. The monoisotopic (exact) mass is 282 g/mol. The van der Waals surface area contributed by atoms with Crippen LogP contribution in [0.4, 0.5) is 0 Å². The predicted octanol–water partition coefficient (Wildman–Crippen LogP) is 2.79. The molecule has 6 nitrogen and oxygen atoms in total. The molecule has 0 saturated heterocycles. The predicted molar refractivity (Wildman–Crippen MR) is 82.1 cm³/mol. The van der Waals surface area contributed by atoms with E-state index in [1.165, 1.54) is 6.33 Å². The first-order valence-corrected chi connectivity index (χ1v) is 6.82. The molecule has 0 aliphatic rings. The van der Waals surface area contributed by atoms with Crippen LogP contribution < -0.4 is 0 Å². The van der Waals surface area contributed by atoms with Gasteiger partial charge in [-0.15, -0.1) is 0 Å². The van der Waals surface area contributed by atoms with Crippen LogP contribution in [0.25, 0.3) is 11.3 Å². The average Bonchev–Trinajstić information content (AvgIpc) is 3.19. The number of aromatic nitrogens is 6. The van der Waals surface area contributed by atoms with Gasteiger partial charge in [-0.1, -0.05) is 19.9 Å². The van der Waals surface area contributed by atoms with E-state index in [4.69, 9.17) is 0 Å². The average molecular weight is 282 g/mol. The van der Waals surface area contributed by atoms with Crippen molar-refractivity contribution in [1.29, 1.82) is 0 Å². The van der Waals surface area contributed by atoms with E-state index < -0.39 is 0 Å². The summed E-state index contributed by atoms with van der Waals surface area (Å²) in [5.41, 5.74) is 2.90. The maximum absolute atomic E-state index is 4.08. The Hall–Kier alpha value is -2.76. The third-order valence-electron chi connectivity index (χ3n) is 2.69. The largest absolute Gasteiger partial charge is 0.302 e. The molecule has 0 atom stereocenters. The van der Waals surface area contributed by atoms with Gasteiger partial charge in [-0.25, -0.2) is 14.5 Å². The molecule has 0 bridgehead atoms. The summed E-state index contributed by atoms with van der Waals surface area (Å²) in [4.78, 5) is 12.1. The number of hydrogen-bond acceptors (Lipinski definition) is 4. The van der Waals surface area contributed by atoms with Crippen LogP contribution >= 0.6 is 0 Å². The molecule has 0 unspecified atom stereocenters. The molecule has 21 heavy (non-hydrogen) atoms. The van der Waals surface area contributed by atoms with Crippen molar-refractivity contribution in [3.63, 3.8) is 0 Å². The standard InChI is InChI=1S/C7H7N3.C6H5N3.C2H6/c1-6-4-8-5-7-9-2-3-10(6)7;1-2-4-9-6(3-1)7-5-8-9;1-2/h2-5H,1H3;1-5H;1-2H3. The number of rotatable bonds is 0.